The van der Waals surface area contributed by atoms with Crippen LogP contribution in [0.5, 0.6) is 17.2 Å². The minimum absolute atomic E-state index is 0.0558. The lowest BCUT2D eigenvalue weighted by Gasteiger charge is -2.18. The molecule has 0 unspecified atom stereocenters. The van der Waals surface area contributed by atoms with Crippen molar-refractivity contribution in [3.63, 3.8) is 0 Å². The zero-order valence-corrected chi connectivity index (χ0v) is 19.5. The third kappa shape index (κ3) is 4.83. The van der Waals surface area contributed by atoms with E-state index in [1.807, 2.05) is 6.92 Å². The van der Waals surface area contributed by atoms with Crippen molar-refractivity contribution in [3.8, 4) is 17.2 Å². The van der Waals surface area contributed by atoms with Gasteiger partial charge in [-0.25, -0.2) is 9.18 Å². The first kappa shape index (κ1) is 25.0. The Kier molecular flexibility index (Phi) is 7.75. The van der Waals surface area contributed by atoms with E-state index in [2.05, 4.69) is 0 Å². The molecule has 3 rings (SSSR count). The minimum atomic E-state index is -1.33. The smallest absolute Gasteiger partial charge is 0.339 e. The van der Waals surface area contributed by atoms with Gasteiger partial charge in [-0.2, -0.15) is 0 Å². The van der Waals surface area contributed by atoms with Crippen molar-refractivity contribution in [3.05, 3.63) is 51.8 Å². The number of hydrogen-bond acceptors (Lipinski definition) is 6. The molecule has 1 heterocycles. The maximum absolute atomic E-state index is 15.2. The van der Waals surface area contributed by atoms with Gasteiger partial charge in [-0.05, 0) is 56.0 Å². The molecular formula is C25H29FN2O6. The number of unbranched alkanes of at least 4 members (excludes halogenated alkanes) is 1. The lowest BCUT2D eigenvalue weighted by Crippen LogP contribution is -2.30. The highest BCUT2D eigenvalue weighted by Gasteiger charge is 2.33. The number of Topliss-reactive ketones (excluding diaryl/α,β-unsaturated/α-hetero) is 1. The molecular weight excluding hydrogens is 443 g/mol. The molecule has 0 saturated heterocycles. The Hall–Kier alpha value is -3.62. The number of benzene rings is 2. The van der Waals surface area contributed by atoms with Gasteiger partial charge in [0.2, 0.25) is 0 Å². The average molecular weight is 473 g/mol. The molecule has 0 atom stereocenters. The Balaban J connectivity index is 1.90. The number of hydrogen-bond donors (Lipinski definition) is 3. The van der Waals surface area contributed by atoms with Crippen molar-refractivity contribution < 1.29 is 33.7 Å². The highest BCUT2D eigenvalue weighted by atomic mass is 19.1. The number of halogens is 1. The van der Waals surface area contributed by atoms with Crippen LogP contribution in [0.25, 0.3) is 0 Å². The monoisotopic (exact) mass is 472 g/mol. The van der Waals surface area contributed by atoms with Crippen molar-refractivity contribution in [2.24, 2.45) is 0 Å². The Morgan fingerprint density at radius 1 is 1.15 bits per heavy atom. The van der Waals surface area contributed by atoms with Crippen molar-refractivity contribution in [1.29, 1.82) is 5.41 Å². The van der Waals surface area contributed by atoms with Gasteiger partial charge in [0.25, 0.3) is 0 Å². The van der Waals surface area contributed by atoms with Gasteiger partial charge in [0.05, 0.1) is 25.3 Å². The number of carbonyl (C=O) groups is 2. The van der Waals surface area contributed by atoms with E-state index in [4.69, 9.17) is 14.9 Å². The van der Waals surface area contributed by atoms with Crippen molar-refractivity contribution in [2.45, 2.75) is 46.6 Å². The number of nitrogens with zero attached hydrogens (tertiary/aromatic N) is 1. The molecule has 9 heteroatoms. The van der Waals surface area contributed by atoms with Crippen LogP contribution in [-0.2, 0) is 13.0 Å². The molecule has 0 fully saturated rings. The molecule has 0 bridgehead atoms. The predicted octanol–water partition coefficient (Wildman–Crippen LogP) is 4.39. The van der Waals surface area contributed by atoms with Crippen LogP contribution in [0.1, 0.15) is 71.0 Å². The van der Waals surface area contributed by atoms with Gasteiger partial charge in [0.15, 0.2) is 23.1 Å². The molecule has 0 spiro atoms. The predicted molar refractivity (Wildman–Crippen MR) is 124 cm³/mol. The molecule has 0 saturated carbocycles. The molecule has 1 aliphatic rings. The van der Waals surface area contributed by atoms with Crippen molar-refractivity contribution in [1.82, 2.24) is 4.90 Å². The van der Waals surface area contributed by atoms with Crippen molar-refractivity contribution in [2.75, 3.05) is 19.8 Å². The van der Waals surface area contributed by atoms with E-state index in [9.17, 15) is 19.8 Å². The number of fused-ring (bicyclic) bond motifs is 1. The number of ketones is 1. The Bertz CT molecular complexity index is 1130. The third-order valence-electron chi connectivity index (χ3n) is 5.65. The second kappa shape index (κ2) is 10.5. The number of carboxylic acids is 1. The fourth-order valence-corrected chi connectivity index (χ4v) is 4.00. The van der Waals surface area contributed by atoms with Gasteiger partial charge in [0, 0.05) is 12.1 Å². The largest absolute Gasteiger partial charge is 0.507 e. The summed E-state index contributed by atoms with van der Waals surface area (Å²) in [6, 6.07) is 4.26. The number of nitrogens with one attached hydrogen (secondary N) is 1. The van der Waals surface area contributed by atoms with Crippen LogP contribution in [0.3, 0.4) is 0 Å². The zero-order valence-electron chi connectivity index (χ0n) is 19.5. The standard InChI is InChI=1S/C25H29FN2O6/c1-4-7-8-14-9-15(10-17(22(14)30)25(31)32)18(29)13-28-12-16-11-19(33-5-2)23(34-6-3)21(26)20(16)24(28)27/h9-11,27,30H,4-8,12-13H2,1-3H3,(H,31,32). The summed E-state index contributed by atoms with van der Waals surface area (Å²) in [4.78, 5) is 26.1. The molecule has 0 radical (unpaired) electrons. The third-order valence-corrected chi connectivity index (χ3v) is 5.65. The Labute approximate surface area is 197 Å². The zero-order chi connectivity index (χ0) is 25.0. The van der Waals surface area contributed by atoms with E-state index >= 15 is 4.39 Å². The summed E-state index contributed by atoms with van der Waals surface area (Å²) in [5.41, 5.74) is 0.725. The van der Waals surface area contributed by atoms with Crippen LogP contribution < -0.4 is 9.47 Å². The van der Waals surface area contributed by atoms with Crippen LogP contribution in [0, 0.1) is 11.2 Å². The maximum Gasteiger partial charge on any atom is 0.339 e. The first-order chi connectivity index (χ1) is 16.2. The van der Waals surface area contributed by atoms with Crippen LogP contribution in [0.2, 0.25) is 0 Å². The summed E-state index contributed by atoms with van der Waals surface area (Å²) in [5, 5.41) is 28.2. The molecule has 0 aliphatic carbocycles. The number of ether oxygens (including phenoxy) is 2. The second-order valence-electron chi connectivity index (χ2n) is 7.99. The normalized spacial score (nSPS) is 12.6. The van der Waals surface area contributed by atoms with E-state index in [0.717, 1.165) is 18.9 Å². The highest BCUT2D eigenvalue weighted by molar-refractivity contribution is 6.06. The molecule has 2 aromatic rings. The van der Waals surface area contributed by atoms with Crippen LogP contribution in [0.4, 0.5) is 4.39 Å². The lowest BCUT2D eigenvalue weighted by molar-refractivity contribution is 0.0693. The fraction of sp³-hybridized carbons (Fsp3) is 0.400. The number of amidine groups is 1. The van der Waals surface area contributed by atoms with E-state index in [-0.39, 0.29) is 59.5 Å². The number of aryl methyl sites for hydroxylation is 1. The van der Waals surface area contributed by atoms with Crippen LogP contribution >= 0.6 is 0 Å². The second-order valence-corrected chi connectivity index (χ2v) is 7.99. The Morgan fingerprint density at radius 2 is 1.85 bits per heavy atom. The van der Waals surface area contributed by atoms with Gasteiger partial charge < -0.3 is 24.6 Å². The van der Waals surface area contributed by atoms with E-state index in [1.54, 1.807) is 19.9 Å². The van der Waals surface area contributed by atoms with Crippen LogP contribution in [0.15, 0.2) is 18.2 Å². The van der Waals surface area contributed by atoms with Gasteiger partial charge >= 0.3 is 5.97 Å². The highest BCUT2D eigenvalue weighted by Crippen LogP contribution is 2.39. The fourth-order valence-electron chi connectivity index (χ4n) is 4.00. The Morgan fingerprint density at radius 3 is 2.47 bits per heavy atom. The number of aromatic carboxylic acids is 1. The molecule has 0 aromatic heterocycles. The summed E-state index contributed by atoms with van der Waals surface area (Å²) >= 11 is 0. The van der Waals surface area contributed by atoms with Gasteiger partial charge in [-0.15, -0.1) is 0 Å². The first-order valence-electron chi connectivity index (χ1n) is 11.3. The summed E-state index contributed by atoms with van der Waals surface area (Å²) in [5.74, 6) is -2.80. The van der Waals surface area contributed by atoms with Crippen molar-refractivity contribution >= 4 is 17.6 Å². The van der Waals surface area contributed by atoms with Gasteiger partial charge in [-0.3, -0.25) is 10.2 Å². The first-order valence-corrected chi connectivity index (χ1v) is 11.3. The molecule has 182 valence electrons. The molecule has 34 heavy (non-hydrogen) atoms. The number of carbonyl (C=O) groups excluding carboxylic acids is 1. The maximum atomic E-state index is 15.2. The van der Waals surface area contributed by atoms with Crippen LogP contribution in [-0.4, -0.2) is 52.5 Å². The molecule has 8 nitrogen and oxygen atoms in total. The number of carboxylic acid groups (broad SMARTS) is 1. The van der Waals surface area contributed by atoms with Gasteiger partial charge in [-0.1, -0.05) is 13.3 Å². The summed E-state index contributed by atoms with van der Waals surface area (Å²) in [7, 11) is 0. The van der Waals surface area contributed by atoms with Gasteiger partial charge in [0.1, 0.15) is 17.1 Å². The molecule has 3 N–H and O–H groups in total. The molecule has 0 amide bonds. The summed E-state index contributed by atoms with van der Waals surface area (Å²) in [6.45, 7) is 5.85. The number of rotatable bonds is 11. The average Bonchev–Trinajstić information content (AvgIpc) is 3.10. The molecule has 2 aromatic carbocycles. The quantitative estimate of drug-likeness (QED) is 0.415. The lowest BCUT2D eigenvalue weighted by atomic mass is 9.97. The minimum Gasteiger partial charge on any atom is -0.507 e. The van der Waals surface area contributed by atoms with E-state index in [0.29, 0.717) is 24.2 Å². The summed E-state index contributed by atoms with van der Waals surface area (Å²) in [6.07, 6.45) is 1.99. The SMILES string of the molecule is CCCCc1cc(C(=O)CN2Cc3cc(OCC)c(OCC)c(F)c3C2=N)cc(C(=O)O)c1O. The summed E-state index contributed by atoms with van der Waals surface area (Å²) < 4.78 is 26.2. The van der Waals surface area contributed by atoms with E-state index < -0.39 is 17.6 Å². The van der Waals surface area contributed by atoms with E-state index in [1.165, 1.54) is 11.0 Å². The number of phenols is 1. The number of aromatic hydroxyl groups is 1. The topological polar surface area (TPSA) is 120 Å². The molecule has 1 aliphatic heterocycles.